The molecule has 3 heteroatoms. The molecule has 3 atom stereocenters. The summed E-state index contributed by atoms with van der Waals surface area (Å²) < 4.78 is 2.22. The average Bonchev–Trinajstić information content (AvgIpc) is 2.72. The highest BCUT2D eigenvalue weighted by Crippen LogP contribution is 2.30. The molecule has 0 radical (unpaired) electrons. The van der Waals surface area contributed by atoms with Gasteiger partial charge in [0.2, 0.25) is 5.95 Å². The number of hydrogen-bond acceptors (Lipinski definition) is 2. The van der Waals surface area contributed by atoms with Crippen LogP contribution in [0, 0.1) is 11.8 Å². The van der Waals surface area contributed by atoms with Crippen molar-refractivity contribution >= 4 is 5.95 Å². The molecule has 0 amide bonds. The Hall–Kier alpha value is -0.990. The highest BCUT2D eigenvalue weighted by atomic mass is 15.2. The van der Waals surface area contributed by atoms with Gasteiger partial charge < -0.3 is 9.88 Å². The van der Waals surface area contributed by atoms with Crippen molar-refractivity contribution in [1.29, 1.82) is 0 Å². The van der Waals surface area contributed by atoms with E-state index in [4.69, 9.17) is 0 Å². The molecule has 17 heavy (non-hydrogen) atoms. The van der Waals surface area contributed by atoms with Gasteiger partial charge in [-0.05, 0) is 37.5 Å². The van der Waals surface area contributed by atoms with E-state index in [1.54, 1.807) is 0 Å². The van der Waals surface area contributed by atoms with E-state index in [2.05, 4.69) is 41.8 Å². The molecule has 96 valence electrons. The standard InChI is InChI=1S/C14H25N3/c1-4-8-17-9-7-15-14(17)16-13-6-5-11(2)12(3)10-13/h7,9,11-13H,4-6,8,10H2,1-3H3,(H,15,16). The van der Waals surface area contributed by atoms with Crippen LogP contribution in [0.5, 0.6) is 0 Å². The lowest BCUT2D eigenvalue weighted by atomic mass is 9.79. The summed E-state index contributed by atoms with van der Waals surface area (Å²) >= 11 is 0. The van der Waals surface area contributed by atoms with E-state index >= 15 is 0 Å². The molecule has 0 aliphatic heterocycles. The Kier molecular flexibility index (Phi) is 4.08. The number of nitrogens with one attached hydrogen (secondary N) is 1. The fourth-order valence-corrected chi connectivity index (χ4v) is 2.73. The van der Waals surface area contributed by atoms with Crippen molar-refractivity contribution in [3.05, 3.63) is 12.4 Å². The maximum Gasteiger partial charge on any atom is 0.202 e. The molecule has 0 spiro atoms. The summed E-state index contributed by atoms with van der Waals surface area (Å²) in [7, 11) is 0. The number of imidazole rings is 1. The van der Waals surface area contributed by atoms with E-state index in [9.17, 15) is 0 Å². The fraction of sp³-hybridized carbons (Fsp3) is 0.786. The first-order valence-corrected chi connectivity index (χ1v) is 6.98. The van der Waals surface area contributed by atoms with Crippen LogP contribution >= 0.6 is 0 Å². The zero-order valence-electron chi connectivity index (χ0n) is 11.3. The molecule has 0 saturated heterocycles. The van der Waals surface area contributed by atoms with Gasteiger partial charge in [-0.15, -0.1) is 0 Å². The van der Waals surface area contributed by atoms with Gasteiger partial charge in [0, 0.05) is 25.0 Å². The third kappa shape index (κ3) is 3.02. The van der Waals surface area contributed by atoms with Gasteiger partial charge in [0.1, 0.15) is 0 Å². The zero-order valence-corrected chi connectivity index (χ0v) is 11.3. The number of hydrogen-bond donors (Lipinski definition) is 1. The van der Waals surface area contributed by atoms with E-state index < -0.39 is 0 Å². The Morgan fingerprint density at radius 3 is 2.88 bits per heavy atom. The van der Waals surface area contributed by atoms with Crippen LogP contribution in [0.25, 0.3) is 0 Å². The van der Waals surface area contributed by atoms with Gasteiger partial charge in [-0.2, -0.15) is 0 Å². The molecule has 1 heterocycles. The van der Waals surface area contributed by atoms with Gasteiger partial charge in [0.25, 0.3) is 0 Å². The van der Waals surface area contributed by atoms with Crippen LogP contribution in [0.3, 0.4) is 0 Å². The van der Waals surface area contributed by atoms with Crippen molar-refractivity contribution in [3.8, 4) is 0 Å². The second-order valence-corrected chi connectivity index (χ2v) is 5.55. The van der Waals surface area contributed by atoms with Crippen LogP contribution < -0.4 is 5.32 Å². The number of aryl methyl sites for hydroxylation is 1. The van der Waals surface area contributed by atoms with E-state index in [1.165, 1.54) is 19.3 Å². The third-order valence-corrected chi connectivity index (χ3v) is 4.11. The Morgan fingerprint density at radius 1 is 1.35 bits per heavy atom. The second-order valence-electron chi connectivity index (χ2n) is 5.55. The lowest BCUT2D eigenvalue weighted by Gasteiger charge is -2.32. The highest BCUT2D eigenvalue weighted by Gasteiger charge is 2.25. The minimum absolute atomic E-state index is 0.610. The predicted molar refractivity (Wildman–Crippen MR) is 72.1 cm³/mol. The molecule has 2 rings (SSSR count). The lowest BCUT2D eigenvalue weighted by molar-refractivity contribution is 0.260. The largest absolute Gasteiger partial charge is 0.353 e. The third-order valence-electron chi connectivity index (χ3n) is 4.11. The van der Waals surface area contributed by atoms with Gasteiger partial charge in [0.05, 0.1) is 0 Å². The van der Waals surface area contributed by atoms with Crippen molar-refractivity contribution in [2.75, 3.05) is 5.32 Å². The Labute approximate surface area is 105 Å². The van der Waals surface area contributed by atoms with Crippen molar-refractivity contribution in [1.82, 2.24) is 9.55 Å². The van der Waals surface area contributed by atoms with Gasteiger partial charge >= 0.3 is 0 Å². The van der Waals surface area contributed by atoms with E-state index in [0.717, 1.165) is 30.7 Å². The first kappa shape index (κ1) is 12.5. The Morgan fingerprint density at radius 2 is 2.18 bits per heavy atom. The van der Waals surface area contributed by atoms with Crippen molar-refractivity contribution in [3.63, 3.8) is 0 Å². The molecule has 1 saturated carbocycles. The summed E-state index contributed by atoms with van der Waals surface area (Å²) in [5.74, 6) is 2.76. The number of nitrogens with zero attached hydrogens (tertiary/aromatic N) is 2. The van der Waals surface area contributed by atoms with Crippen LogP contribution in [0.15, 0.2) is 12.4 Å². The minimum atomic E-state index is 0.610. The van der Waals surface area contributed by atoms with Crippen LogP contribution in [-0.4, -0.2) is 15.6 Å². The maximum absolute atomic E-state index is 4.42. The Bertz CT molecular complexity index is 345. The average molecular weight is 235 g/mol. The highest BCUT2D eigenvalue weighted by molar-refractivity contribution is 5.27. The summed E-state index contributed by atoms with van der Waals surface area (Å²) in [6.07, 6.45) is 9.02. The molecule has 1 aliphatic rings. The van der Waals surface area contributed by atoms with E-state index in [-0.39, 0.29) is 0 Å². The quantitative estimate of drug-likeness (QED) is 0.865. The van der Waals surface area contributed by atoms with Crippen LogP contribution in [0.4, 0.5) is 5.95 Å². The first-order valence-electron chi connectivity index (χ1n) is 6.98. The summed E-state index contributed by atoms with van der Waals surface area (Å²) in [5, 5.41) is 3.62. The maximum atomic E-state index is 4.42. The second kappa shape index (κ2) is 5.56. The molecule has 3 nitrogen and oxygen atoms in total. The lowest BCUT2D eigenvalue weighted by Crippen LogP contribution is -2.31. The molecule has 0 bridgehead atoms. The fourth-order valence-electron chi connectivity index (χ4n) is 2.73. The molecule has 1 aliphatic carbocycles. The van der Waals surface area contributed by atoms with Gasteiger partial charge in [-0.3, -0.25) is 0 Å². The molecule has 1 N–H and O–H groups in total. The van der Waals surface area contributed by atoms with Gasteiger partial charge in [-0.1, -0.05) is 20.8 Å². The first-order chi connectivity index (χ1) is 8.20. The number of rotatable bonds is 4. The van der Waals surface area contributed by atoms with Crippen LogP contribution in [0.1, 0.15) is 46.5 Å². The minimum Gasteiger partial charge on any atom is -0.353 e. The van der Waals surface area contributed by atoms with Crippen molar-refractivity contribution in [2.24, 2.45) is 11.8 Å². The zero-order chi connectivity index (χ0) is 12.3. The molecular formula is C14H25N3. The summed E-state index contributed by atoms with van der Waals surface area (Å²) in [5.41, 5.74) is 0. The number of anilines is 1. The van der Waals surface area contributed by atoms with Gasteiger partial charge in [-0.25, -0.2) is 4.98 Å². The monoisotopic (exact) mass is 235 g/mol. The van der Waals surface area contributed by atoms with Gasteiger partial charge in [0.15, 0.2) is 0 Å². The predicted octanol–water partition coefficient (Wildman–Crippen LogP) is 3.53. The van der Waals surface area contributed by atoms with Crippen LogP contribution in [0.2, 0.25) is 0 Å². The van der Waals surface area contributed by atoms with Crippen molar-refractivity contribution < 1.29 is 0 Å². The van der Waals surface area contributed by atoms with Crippen molar-refractivity contribution in [2.45, 2.75) is 59.0 Å². The molecular weight excluding hydrogens is 210 g/mol. The topological polar surface area (TPSA) is 29.9 Å². The molecule has 1 fully saturated rings. The van der Waals surface area contributed by atoms with E-state index in [1.807, 2.05) is 6.20 Å². The Balaban J connectivity index is 1.94. The molecule has 3 unspecified atom stereocenters. The van der Waals surface area contributed by atoms with Crippen LogP contribution in [-0.2, 0) is 6.54 Å². The molecule has 1 aromatic rings. The SMILES string of the molecule is CCCn1ccnc1NC1CCC(C)C(C)C1. The normalized spacial score (nSPS) is 29.2. The van der Waals surface area contributed by atoms with E-state index in [0.29, 0.717) is 6.04 Å². The molecule has 0 aromatic carbocycles. The summed E-state index contributed by atoms with van der Waals surface area (Å²) in [4.78, 5) is 4.42. The molecule has 1 aromatic heterocycles. The summed E-state index contributed by atoms with van der Waals surface area (Å²) in [6.45, 7) is 8.01. The summed E-state index contributed by atoms with van der Waals surface area (Å²) in [6, 6.07) is 0.610. The number of aromatic nitrogens is 2. The smallest absolute Gasteiger partial charge is 0.202 e.